The van der Waals surface area contributed by atoms with Crippen molar-refractivity contribution in [2.45, 2.75) is 0 Å². The Bertz CT molecular complexity index is 2650. The van der Waals surface area contributed by atoms with Gasteiger partial charge in [-0.2, -0.15) is 0 Å². The van der Waals surface area contributed by atoms with Crippen molar-refractivity contribution in [3.63, 3.8) is 0 Å². The average Bonchev–Trinajstić information content (AvgIpc) is 3.13. The van der Waals surface area contributed by atoms with Crippen LogP contribution in [0.1, 0.15) is 0 Å². The molecule has 10 rings (SSSR count). The van der Waals surface area contributed by atoms with Crippen LogP contribution in [0, 0.1) is 0 Å². The van der Waals surface area contributed by atoms with Gasteiger partial charge in [-0.05, 0) is 94.0 Å². The Labute approximate surface area is 266 Å². The summed E-state index contributed by atoms with van der Waals surface area (Å²) in [5.74, 6) is 0. The lowest BCUT2D eigenvalue weighted by molar-refractivity contribution is 0.593. The molecule has 0 heterocycles. The van der Waals surface area contributed by atoms with Gasteiger partial charge in [-0.1, -0.05) is 146 Å². The Morgan fingerprint density at radius 1 is 0.326 bits per heavy atom. The molecule has 0 spiro atoms. The largest absolute Gasteiger partial charge is 0.309 e. The van der Waals surface area contributed by atoms with Crippen molar-refractivity contribution in [1.82, 2.24) is 0 Å². The van der Waals surface area contributed by atoms with Gasteiger partial charge in [-0.3, -0.25) is 0 Å². The van der Waals surface area contributed by atoms with E-state index in [2.05, 4.69) is 158 Å². The van der Waals surface area contributed by atoms with Crippen molar-refractivity contribution in [1.29, 1.82) is 0 Å². The lowest BCUT2D eigenvalue weighted by Crippen LogP contribution is -2.26. The fourth-order valence-electron chi connectivity index (χ4n) is 7.91. The molecule has 0 unspecified atom stereocenters. The predicted molar refractivity (Wildman–Crippen MR) is 199 cm³/mol. The first-order valence-corrected chi connectivity index (χ1v) is 17.5. The summed E-state index contributed by atoms with van der Waals surface area (Å²) in [6.07, 6.45) is 0. The minimum absolute atomic E-state index is 0.846. The topological polar surface area (TPSA) is 17.1 Å². The molecule has 2 heteroatoms. The maximum absolute atomic E-state index is 16.7. The molecule has 0 aliphatic rings. The van der Waals surface area contributed by atoms with Gasteiger partial charge in [0.2, 0.25) is 0 Å². The molecule has 0 bridgehead atoms. The van der Waals surface area contributed by atoms with Crippen LogP contribution in [0.15, 0.2) is 164 Å². The highest BCUT2D eigenvalue weighted by atomic mass is 31.2. The zero-order valence-electron chi connectivity index (χ0n) is 24.9. The fourth-order valence-corrected chi connectivity index (χ4v) is 11.0. The van der Waals surface area contributed by atoms with Crippen molar-refractivity contribution in [2.75, 3.05) is 0 Å². The van der Waals surface area contributed by atoms with E-state index in [9.17, 15) is 0 Å². The highest BCUT2D eigenvalue weighted by molar-refractivity contribution is 7.86. The summed E-state index contributed by atoms with van der Waals surface area (Å²) < 4.78 is 16.7. The maximum atomic E-state index is 16.7. The molecule has 10 aromatic carbocycles. The van der Waals surface area contributed by atoms with E-state index in [0.29, 0.717) is 0 Å². The monoisotopic (exact) mass is 602 g/mol. The van der Waals surface area contributed by atoms with Gasteiger partial charge in [0.05, 0.1) is 0 Å². The number of rotatable bonds is 4. The standard InChI is InChI=1S/C44H27OP/c45-46(36-14-6-13-35(27-36)28-7-2-1-3-8-28,39-25-21-33-17-15-29-9-4-11-31-19-23-37(39)43(33)41(29)31)40-26-22-34-18-16-30-10-5-12-32-20-24-38(40)44(34)42(30)32/h1-27H. The minimum Gasteiger partial charge on any atom is -0.309 e. The molecule has 0 N–H and O–H groups in total. The lowest BCUT2D eigenvalue weighted by atomic mass is 9.94. The Morgan fingerprint density at radius 3 is 1.26 bits per heavy atom. The highest BCUT2D eigenvalue weighted by Crippen LogP contribution is 2.49. The molecule has 0 fully saturated rings. The third kappa shape index (κ3) is 3.50. The van der Waals surface area contributed by atoms with E-state index in [1.165, 1.54) is 53.9 Å². The predicted octanol–water partition coefficient (Wildman–Crippen LogP) is 10.8. The summed E-state index contributed by atoms with van der Waals surface area (Å²) in [6, 6.07) is 58.0. The number of hydrogen-bond donors (Lipinski definition) is 0. The van der Waals surface area contributed by atoms with E-state index in [0.717, 1.165) is 37.8 Å². The van der Waals surface area contributed by atoms with Crippen molar-refractivity contribution in [3.05, 3.63) is 164 Å². The summed E-state index contributed by atoms with van der Waals surface area (Å²) >= 11 is 0. The summed E-state index contributed by atoms with van der Waals surface area (Å²) in [5, 5.41) is 16.7. The van der Waals surface area contributed by atoms with Crippen LogP contribution < -0.4 is 15.9 Å². The summed E-state index contributed by atoms with van der Waals surface area (Å²) in [6.45, 7) is 0. The van der Waals surface area contributed by atoms with E-state index in [-0.39, 0.29) is 0 Å². The maximum Gasteiger partial charge on any atom is 0.172 e. The summed E-state index contributed by atoms with van der Waals surface area (Å²) in [5.41, 5.74) is 2.18. The molecule has 1 nitrogen and oxygen atoms in total. The van der Waals surface area contributed by atoms with Gasteiger partial charge in [-0.15, -0.1) is 0 Å². The molecule has 0 aromatic heterocycles. The van der Waals surface area contributed by atoms with E-state index >= 15 is 4.57 Å². The first kappa shape index (κ1) is 25.8. The average molecular weight is 603 g/mol. The fraction of sp³-hybridized carbons (Fsp3) is 0. The minimum atomic E-state index is -3.44. The third-order valence-electron chi connectivity index (χ3n) is 10.0. The molecule has 0 atom stereocenters. The van der Waals surface area contributed by atoms with Gasteiger partial charge in [0.1, 0.15) is 0 Å². The molecule has 0 aliphatic carbocycles. The summed E-state index contributed by atoms with van der Waals surface area (Å²) in [7, 11) is -3.44. The van der Waals surface area contributed by atoms with Crippen LogP contribution >= 0.6 is 7.14 Å². The van der Waals surface area contributed by atoms with Gasteiger partial charge in [0, 0.05) is 15.9 Å². The van der Waals surface area contributed by atoms with E-state index in [1.807, 2.05) is 6.07 Å². The molecule has 0 amide bonds. The first-order chi connectivity index (χ1) is 22.7. The van der Waals surface area contributed by atoms with E-state index in [4.69, 9.17) is 0 Å². The summed E-state index contributed by atoms with van der Waals surface area (Å²) in [4.78, 5) is 0. The first-order valence-electron chi connectivity index (χ1n) is 15.8. The van der Waals surface area contributed by atoms with Crippen molar-refractivity contribution in [3.8, 4) is 11.1 Å². The Kier molecular flexibility index (Phi) is 5.33. The molecule has 0 saturated heterocycles. The zero-order valence-corrected chi connectivity index (χ0v) is 25.8. The van der Waals surface area contributed by atoms with Crippen LogP contribution in [0.2, 0.25) is 0 Å². The zero-order chi connectivity index (χ0) is 30.4. The molecule has 46 heavy (non-hydrogen) atoms. The second-order valence-corrected chi connectivity index (χ2v) is 15.1. The SMILES string of the molecule is O=P(c1cccc(-c2ccccc2)c1)(c1ccc2ccc3cccc4ccc1c2c34)c1ccc2ccc3cccc4ccc1c2c34. The molecule has 214 valence electrons. The Hall–Kier alpha value is -5.49. The van der Waals surface area contributed by atoms with Crippen LogP contribution in [0.4, 0.5) is 0 Å². The van der Waals surface area contributed by atoms with Crippen molar-refractivity contribution in [2.24, 2.45) is 0 Å². The van der Waals surface area contributed by atoms with Gasteiger partial charge in [0.15, 0.2) is 7.14 Å². The van der Waals surface area contributed by atoms with Crippen LogP contribution in [-0.4, -0.2) is 0 Å². The van der Waals surface area contributed by atoms with Crippen LogP contribution in [-0.2, 0) is 4.57 Å². The van der Waals surface area contributed by atoms with Crippen molar-refractivity contribution < 1.29 is 4.57 Å². The van der Waals surface area contributed by atoms with Crippen molar-refractivity contribution >= 4 is 87.7 Å². The quantitative estimate of drug-likeness (QED) is 0.145. The molecular formula is C44H27OP. The second-order valence-electron chi connectivity index (χ2n) is 12.4. The van der Waals surface area contributed by atoms with Gasteiger partial charge >= 0.3 is 0 Å². The van der Waals surface area contributed by atoms with Crippen LogP contribution in [0.3, 0.4) is 0 Å². The second kappa shape index (κ2) is 9.51. The molecule has 0 aliphatic heterocycles. The Balaban J connectivity index is 1.36. The highest BCUT2D eigenvalue weighted by Gasteiger charge is 2.34. The molecule has 10 aromatic rings. The number of hydrogen-bond acceptors (Lipinski definition) is 1. The Morgan fingerprint density at radius 2 is 0.739 bits per heavy atom. The smallest absolute Gasteiger partial charge is 0.172 e. The van der Waals surface area contributed by atoms with Crippen LogP contribution in [0.25, 0.3) is 75.8 Å². The number of benzene rings is 10. The molecule has 0 saturated carbocycles. The van der Waals surface area contributed by atoms with E-state index in [1.54, 1.807) is 0 Å². The normalized spacial score (nSPS) is 12.4. The van der Waals surface area contributed by atoms with Gasteiger partial charge in [-0.25, -0.2) is 0 Å². The van der Waals surface area contributed by atoms with Crippen LogP contribution in [0.5, 0.6) is 0 Å². The molecular weight excluding hydrogens is 575 g/mol. The van der Waals surface area contributed by atoms with E-state index < -0.39 is 7.14 Å². The van der Waals surface area contributed by atoms with Gasteiger partial charge < -0.3 is 4.57 Å². The molecule has 0 radical (unpaired) electrons. The van der Waals surface area contributed by atoms with Gasteiger partial charge in [0.25, 0.3) is 0 Å². The third-order valence-corrected chi connectivity index (χ3v) is 13.1. The lowest BCUT2D eigenvalue weighted by Gasteiger charge is -2.25.